The number of aromatic nitrogens is 1. The van der Waals surface area contributed by atoms with Gasteiger partial charge >= 0.3 is 0 Å². The summed E-state index contributed by atoms with van der Waals surface area (Å²) in [6.07, 6.45) is 0. The maximum Gasteiger partial charge on any atom is 0.160 e. The molecular formula is C51H36N2O. The van der Waals surface area contributed by atoms with Crippen LogP contribution in [0.25, 0.3) is 71.7 Å². The molecule has 0 unspecified atom stereocenters. The van der Waals surface area contributed by atoms with Gasteiger partial charge in [0.2, 0.25) is 0 Å². The van der Waals surface area contributed by atoms with Crippen LogP contribution in [0.1, 0.15) is 25.0 Å². The summed E-state index contributed by atoms with van der Waals surface area (Å²) in [5.74, 6) is 0. The van der Waals surface area contributed by atoms with Crippen LogP contribution in [0, 0.1) is 0 Å². The lowest BCUT2D eigenvalue weighted by molar-refractivity contribution is 0.660. The van der Waals surface area contributed by atoms with E-state index in [1.54, 1.807) is 0 Å². The topological polar surface area (TPSA) is 21.3 Å². The van der Waals surface area contributed by atoms with Crippen LogP contribution in [0.5, 0.6) is 0 Å². The fourth-order valence-electron chi connectivity index (χ4n) is 9.05. The van der Waals surface area contributed by atoms with Gasteiger partial charge in [-0.25, -0.2) is 0 Å². The van der Waals surface area contributed by atoms with Crippen LogP contribution >= 0.6 is 0 Å². The van der Waals surface area contributed by atoms with E-state index < -0.39 is 0 Å². The van der Waals surface area contributed by atoms with Crippen molar-refractivity contribution in [2.45, 2.75) is 19.3 Å². The molecule has 3 nitrogen and oxygen atoms in total. The van der Waals surface area contributed by atoms with E-state index >= 15 is 0 Å². The Morgan fingerprint density at radius 1 is 0.481 bits per heavy atom. The molecule has 2 heterocycles. The molecule has 0 fully saturated rings. The van der Waals surface area contributed by atoms with Crippen LogP contribution in [0.2, 0.25) is 0 Å². The molecule has 0 amide bonds. The molecule has 0 aliphatic heterocycles. The van der Waals surface area contributed by atoms with E-state index in [1.807, 2.05) is 0 Å². The largest absolute Gasteiger partial charge is 0.454 e. The maximum absolute atomic E-state index is 6.85. The third-order valence-corrected chi connectivity index (χ3v) is 11.6. The monoisotopic (exact) mass is 692 g/mol. The quantitative estimate of drug-likeness (QED) is 0.179. The lowest BCUT2D eigenvalue weighted by Gasteiger charge is -2.25. The van der Waals surface area contributed by atoms with Gasteiger partial charge in [0.1, 0.15) is 5.58 Å². The van der Waals surface area contributed by atoms with Gasteiger partial charge in [-0.2, -0.15) is 0 Å². The highest BCUT2D eigenvalue weighted by atomic mass is 16.3. The van der Waals surface area contributed by atoms with Gasteiger partial charge in [0.15, 0.2) is 5.58 Å². The van der Waals surface area contributed by atoms with Gasteiger partial charge in [0, 0.05) is 49.7 Å². The summed E-state index contributed by atoms with van der Waals surface area (Å²) in [5.41, 5.74) is 16.2. The third kappa shape index (κ3) is 4.42. The van der Waals surface area contributed by atoms with Crippen LogP contribution in [0.3, 0.4) is 0 Å². The van der Waals surface area contributed by atoms with Gasteiger partial charge in [-0.1, -0.05) is 123 Å². The fourth-order valence-corrected chi connectivity index (χ4v) is 9.05. The second-order valence-electron chi connectivity index (χ2n) is 14.9. The zero-order valence-electron chi connectivity index (χ0n) is 30.1. The average Bonchev–Trinajstić information content (AvgIpc) is 3.85. The van der Waals surface area contributed by atoms with E-state index in [0.29, 0.717) is 0 Å². The van der Waals surface area contributed by atoms with Crippen molar-refractivity contribution in [1.82, 2.24) is 4.57 Å². The first-order valence-corrected chi connectivity index (χ1v) is 18.7. The van der Waals surface area contributed by atoms with Crippen molar-refractivity contribution in [3.05, 3.63) is 193 Å². The van der Waals surface area contributed by atoms with Crippen molar-refractivity contribution in [2.24, 2.45) is 0 Å². The summed E-state index contributed by atoms with van der Waals surface area (Å²) in [6.45, 7) is 4.71. The van der Waals surface area contributed by atoms with Gasteiger partial charge in [0.25, 0.3) is 0 Å². The molecule has 256 valence electrons. The number of rotatable bonds is 5. The summed E-state index contributed by atoms with van der Waals surface area (Å²) >= 11 is 0. The number of hydrogen-bond acceptors (Lipinski definition) is 2. The predicted octanol–water partition coefficient (Wildman–Crippen LogP) is 14.1. The number of fused-ring (bicyclic) bond motifs is 10. The van der Waals surface area contributed by atoms with Crippen molar-refractivity contribution in [3.63, 3.8) is 0 Å². The van der Waals surface area contributed by atoms with Crippen LogP contribution < -0.4 is 4.90 Å². The predicted molar refractivity (Wildman–Crippen MR) is 226 cm³/mol. The van der Waals surface area contributed by atoms with E-state index in [-0.39, 0.29) is 5.41 Å². The Morgan fingerprint density at radius 2 is 1.09 bits per heavy atom. The molecule has 10 aromatic rings. The van der Waals surface area contributed by atoms with E-state index in [4.69, 9.17) is 4.42 Å². The number of anilines is 3. The van der Waals surface area contributed by atoms with Crippen LogP contribution in [0.4, 0.5) is 17.1 Å². The molecule has 1 aliphatic rings. The van der Waals surface area contributed by atoms with Gasteiger partial charge in [-0.05, 0) is 106 Å². The normalized spacial score (nSPS) is 13.1. The summed E-state index contributed by atoms with van der Waals surface area (Å²) in [5, 5.41) is 4.64. The number of benzene rings is 8. The standard InChI is InChI=1S/C51H36N2O/c1-51(2)44-22-12-9-19-38(44)39-30-25-33(31-45(39)51)42-32-43-40-20-11-14-24-47(40)54-50(43)49-48(42)41-21-10-13-23-46(41)53(49)37-28-26-36(27-29-37)52(34-15-5-3-6-16-34)35-17-7-4-8-18-35/h3-32H,1-2H3. The van der Waals surface area contributed by atoms with Crippen molar-refractivity contribution in [3.8, 4) is 27.9 Å². The first-order valence-electron chi connectivity index (χ1n) is 18.7. The minimum absolute atomic E-state index is 0.101. The Labute approximate surface area is 314 Å². The molecule has 3 heteroatoms. The molecule has 0 saturated carbocycles. The zero-order valence-corrected chi connectivity index (χ0v) is 30.1. The molecule has 54 heavy (non-hydrogen) atoms. The summed E-state index contributed by atoms with van der Waals surface area (Å²) in [6, 6.07) is 65.7. The number of furan rings is 1. The summed E-state index contributed by atoms with van der Waals surface area (Å²) in [4.78, 5) is 2.30. The molecule has 0 bridgehead atoms. The van der Waals surface area contributed by atoms with Crippen molar-refractivity contribution in [1.29, 1.82) is 0 Å². The Kier molecular flexibility index (Phi) is 6.60. The molecule has 0 saturated heterocycles. The Hall–Kier alpha value is -6.84. The fraction of sp³-hybridized carbons (Fsp3) is 0.0588. The SMILES string of the molecule is CC1(C)c2ccccc2-c2ccc(-c3cc4c5ccccc5oc4c4c3c3ccccc3n4-c3ccc(N(c4ccccc4)c4ccccc4)cc3)cc21. The molecule has 0 atom stereocenters. The number of para-hydroxylation sites is 4. The van der Waals surface area contributed by atoms with E-state index in [0.717, 1.165) is 55.7 Å². The minimum atomic E-state index is -0.101. The molecule has 11 rings (SSSR count). The summed E-state index contributed by atoms with van der Waals surface area (Å²) in [7, 11) is 0. The lowest BCUT2D eigenvalue weighted by atomic mass is 9.81. The highest BCUT2D eigenvalue weighted by Gasteiger charge is 2.35. The molecule has 8 aromatic carbocycles. The van der Waals surface area contributed by atoms with Crippen molar-refractivity contribution < 1.29 is 4.42 Å². The van der Waals surface area contributed by atoms with Gasteiger partial charge < -0.3 is 13.9 Å². The van der Waals surface area contributed by atoms with Crippen molar-refractivity contribution in [2.75, 3.05) is 4.90 Å². The van der Waals surface area contributed by atoms with Gasteiger partial charge in [-0.15, -0.1) is 0 Å². The molecule has 0 radical (unpaired) electrons. The van der Waals surface area contributed by atoms with Crippen molar-refractivity contribution >= 4 is 60.8 Å². The smallest absolute Gasteiger partial charge is 0.160 e. The molecule has 1 aliphatic carbocycles. The third-order valence-electron chi connectivity index (χ3n) is 11.6. The molecule has 0 spiro atoms. The molecule has 0 N–H and O–H groups in total. The Balaban J connectivity index is 1.18. The molecule has 2 aromatic heterocycles. The van der Waals surface area contributed by atoms with Crippen LogP contribution in [-0.2, 0) is 5.41 Å². The number of nitrogens with zero attached hydrogens (tertiary/aromatic N) is 2. The zero-order chi connectivity index (χ0) is 36.0. The van der Waals surface area contributed by atoms with Crippen LogP contribution in [-0.4, -0.2) is 4.57 Å². The lowest BCUT2D eigenvalue weighted by Crippen LogP contribution is -2.14. The second-order valence-corrected chi connectivity index (χ2v) is 14.9. The second kappa shape index (κ2) is 11.6. The van der Waals surface area contributed by atoms with E-state index in [9.17, 15) is 0 Å². The van der Waals surface area contributed by atoms with Gasteiger partial charge in [-0.3, -0.25) is 0 Å². The highest BCUT2D eigenvalue weighted by molar-refractivity contribution is 6.26. The Morgan fingerprint density at radius 3 is 1.85 bits per heavy atom. The molecular weight excluding hydrogens is 657 g/mol. The van der Waals surface area contributed by atoms with Gasteiger partial charge in [0.05, 0.1) is 11.0 Å². The van der Waals surface area contributed by atoms with Crippen LogP contribution in [0.15, 0.2) is 186 Å². The number of hydrogen-bond donors (Lipinski definition) is 0. The highest BCUT2D eigenvalue weighted by Crippen LogP contribution is 2.51. The maximum atomic E-state index is 6.85. The van der Waals surface area contributed by atoms with E-state index in [1.165, 1.54) is 44.2 Å². The Bertz CT molecular complexity index is 3020. The first-order chi connectivity index (χ1) is 26.6. The minimum Gasteiger partial charge on any atom is -0.454 e. The summed E-state index contributed by atoms with van der Waals surface area (Å²) < 4.78 is 9.25. The first kappa shape index (κ1) is 30.8. The average molecular weight is 693 g/mol. The van der Waals surface area contributed by atoms with E-state index in [2.05, 4.69) is 205 Å².